The van der Waals surface area contributed by atoms with Crippen LogP contribution in [0.2, 0.25) is 5.02 Å². The van der Waals surface area contributed by atoms with Crippen molar-refractivity contribution in [2.75, 3.05) is 4.90 Å². The summed E-state index contributed by atoms with van der Waals surface area (Å²) in [7, 11) is 0. The zero-order chi connectivity index (χ0) is 24.4. The third kappa shape index (κ3) is 4.90. The second-order valence-electron chi connectivity index (χ2n) is 7.80. The van der Waals surface area contributed by atoms with Crippen LogP contribution < -0.4 is 15.0 Å². The molecule has 172 valence electrons. The van der Waals surface area contributed by atoms with Crippen LogP contribution in [0.15, 0.2) is 70.7 Å². The quantitative estimate of drug-likeness (QED) is 0.320. The van der Waals surface area contributed by atoms with Gasteiger partial charge in [0.1, 0.15) is 17.9 Å². The number of halogens is 2. The Kier molecular flexibility index (Phi) is 6.86. The highest BCUT2D eigenvalue weighted by molar-refractivity contribution is 9.10. The van der Waals surface area contributed by atoms with E-state index < -0.39 is 17.8 Å². The maximum absolute atomic E-state index is 13.2. The highest BCUT2D eigenvalue weighted by atomic mass is 79.9. The molecule has 1 heterocycles. The van der Waals surface area contributed by atoms with Crippen LogP contribution in [0.3, 0.4) is 0 Å². The molecular formula is C26H20BrClN2O4. The van der Waals surface area contributed by atoms with E-state index in [0.29, 0.717) is 17.9 Å². The minimum absolute atomic E-state index is 0.186. The van der Waals surface area contributed by atoms with Crippen LogP contribution in [0.5, 0.6) is 5.75 Å². The Morgan fingerprint density at radius 1 is 1.00 bits per heavy atom. The molecule has 6 nitrogen and oxygen atoms in total. The minimum Gasteiger partial charge on any atom is -0.488 e. The molecule has 0 aromatic heterocycles. The van der Waals surface area contributed by atoms with Gasteiger partial charge in [-0.15, -0.1) is 0 Å². The van der Waals surface area contributed by atoms with Gasteiger partial charge in [-0.1, -0.05) is 57.9 Å². The molecule has 4 rings (SSSR count). The predicted octanol–water partition coefficient (Wildman–Crippen LogP) is 5.96. The number of rotatable bonds is 5. The molecule has 0 atom stereocenters. The van der Waals surface area contributed by atoms with E-state index in [9.17, 15) is 14.4 Å². The van der Waals surface area contributed by atoms with Gasteiger partial charge < -0.3 is 4.74 Å². The van der Waals surface area contributed by atoms with E-state index in [1.54, 1.807) is 36.4 Å². The fraction of sp³-hybridized carbons (Fsp3) is 0.115. The standard InChI is InChI=1S/C26H20BrClN2O4/c1-15-7-8-17(11-16(15)2)14-34-23-10-9-19(27)12-18(23)13-20-24(31)29-26(33)30(25(20)32)22-6-4-3-5-21(22)28/h3-13H,14H2,1-2H3,(H,29,31,33)/b20-13+. The number of hydrogen-bond donors (Lipinski definition) is 1. The van der Waals surface area contributed by atoms with E-state index in [1.165, 1.54) is 17.7 Å². The molecule has 0 unspecified atom stereocenters. The van der Waals surface area contributed by atoms with Gasteiger partial charge >= 0.3 is 6.03 Å². The lowest BCUT2D eigenvalue weighted by Crippen LogP contribution is -2.54. The molecule has 1 fully saturated rings. The maximum Gasteiger partial charge on any atom is 0.335 e. The highest BCUT2D eigenvalue weighted by Crippen LogP contribution is 2.31. The molecule has 0 saturated carbocycles. The monoisotopic (exact) mass is 538 g/mol. The van der Waals surface area contributed by atoms with Crippen molar-refractivity contribution < 1.29 is 19.1 Å². The molecule has 4 amide bonds. The average Bonchev–Trinajstić information content (AvgIpc) is 2.79. The van der Waals surface area contributed by atoms with Gasteiger partial charge in [-0.25, -0.2) is 9.69 Å². The number of anilines is 1. The smallest absolute Gasteiger partial charge is 0.335 e. The molecule has 1 saturated heterocycles. The van der Waals surface area contributed by atoms with Crippen molar-refractivity contribution in [3.8, 4) is 5.75 Å². The number of imide groups is 2. The van der Waals surface area contributed by atoms with E-state index in [-0.39, 0.29) is 16.3 Å². The second-order valence-corrected chi connectivity index (χ2v) is 9.12. The van der Waals surface area contributed by atoms with Crippen LogP contribution in [0.1, 0.15) is 22.3 Å². The van der Waals surface area contributed by atoms with Crippen molar-refractivity contribution in [1.82, 2.24) is 5.32 Å². The number of aryl methyl sites for hydroxylation is 2. The van der Waals surface area contributed by atoms with Crippen LogP contribution in [-0.4, -0.2) is 17.8 Å². The first-order valence-electron chi connectivity index (χ1n) is 10.4. The van der Waals surface area contributed by atoms with Crippen molar-refractivity contribution in [1.29, 1.82) is 0 Å². The summed E-state index contributed by atoms with van der Waals surface area (Å²) in [5, 5.41) is 2.41. The van der Waals surface area contributed by atoms with Gasteiger partial charge in [-0.05, 0) is 66.9 Å². The van der Waals surface area contributed by atoms with Crippen molar-refractivity contribution in [3.05, 3.63) is 98.0 Å². The number of nitrogens with zero attached hydrogens (tertiary/aromatic N) is 1. The SMILES string of the molecule is Cc1ccc(COc2ccc(Br)cc2/C=C2\C(=O)NC(=O)N(c3ccccc3Cl)C2=O)cc1C. The van der Waals surface area contributed by atoms with Crippen molar-refractivity contribution in [2.45, 2.75) is 20.5 Å². The lowest BCUT2D eigenvalue weighted by Gasteiger charge is -2.27. The Labute approximate surface area is 210 Å². The first kappa shape index (κ1) is 23.7. The molecule has 0 spiro atoms. The molecule has 0 radical (unpaired) electrons. The Morgan fingerprint density at radius 3 is 2.50 bits per heavy atom. The molecule has 0 aliphatic carbocycles. The Hall–Kier alpha value is -3.42. The molecule has 1 aliphatic rings. The van der Waals surface area contributed by atoms with E-state index >= 15 is 0 Å². The number of hydrogen-bond acceptors (Lipinski definition) is 4. The molecule has 1 aliphatic heterocycles. The van der Waals surface area contributed by atoms with Crippen LogP contribution in [0, 0.1) is 13.8 Å². The molecule has 8 heteroatoms. The number of carbonyl (C=O) groups is 3. The Morgan fingerprint density at radius 2 is 1.76 bits per heavy atom. The maximum atomic E-state index is 13.2. The van der Waals surface area contributed by atoms with Crippen molar-refractivity contribution in [3.63, 3.8) is 0 Å². The van der Waals surface area contributed by atoms with E-state index in [1.807, 2.05) is 26.0 Å². The topological polar surface area (TPSA) is 75.7 Å². The Balaban J connectivity index is 1.68. The van der Waals surface area contributed by atoms with Crippen LogP contribution in [0.4, 0.5) is 10.5 Å². The number of nitrogens with one attached hydrogen (secondary N) is 1. The summed E-state index contributed by atoms with van der Waals surface area (Å²) < 4.78 is 6.76. The summed E-state index contributed by atoms with van der Waals surface area (Å²) in [5.41, 5.74) is 3.82. The number of carbonyl (C=O) groups excluding carboxylic acids is 3. The number of benzene rings is 3. The van der Waals surface area contributed by atoms with Gasteiger partial charge in [0.15, 0.2) is 0 Å². The molecule has 3 aromatic rings. The number of amides is 4. The summed E-state index contributed by atoms with van der Waals surface area (Å²) in [6.45, 7) is 4.39. The summed E-state index contributed by atoms with van der Waals surface area (Å²) in [6.07, 6.45) is 1.41. The zero-order valence-electron chi connectivity index (χ0n) is 18.4. The number of barbiturate groups is 1. The number of ether oxygens (including phenoxy) is 1. The fourth-order valence-electron chi connectivity index (χ4n) is 3.48. The largest absolute Gasteiger partial charge is 0.488 e. The van der Waals surface area contributed by atoms with Gasteiger partial charge in [0.25, 0.3) is 11.8 Å². The van der Waals surface area contributed by atoms with Crippen LogP contribution in [0.25, 0.3) is 6.08 Å². The van der Waals surface area contributed by atoms with Gasteiger partial charge in [0.2, 0.25) is 0 Å². The molecule has 1 N–H and O–H groups in total. The van der Waals surface area contributed by atoms with Crippen LogP contribution >= 0.6 is 27.5 Å². The van der Waals surface area contributed by atoms with Crippen molar-refractivity contribution in [2.24, 2.45) is 0 Å². The second kappa shape index (κ2) is 9.83. The lowest BCUT2D eigenvalue weighted by atomic mass is 10.1. The first-order valence-corrected chi connectivity index (χ1v) is 11.6. The highest BCUT2D eigenvalue weighted by Gasteiger charge is 2.37. The zero-order valence-corrected chi connectivity index (χ0v) is 20.7. The molecular weight excluding hydrogens is 520 g/mol. The number of urea groups is 1. The summed E-state index contributed by atoms with van der Waals surface area (Å²) in [5.74, 6) is -1.09. The van der Waals surface area contributed by atoms with E-state index in [4.69, 9.17) is 16.3 Å². The van der Waals surface area contributed by atoms with E-state index in [2.05, 4.69) is 27.3 Å². The molecule has 3 aromatic carbocycles. The summed E-state index contributed by atoms with van der Waals surface area (Å²) >= 11 is 9.61. The fourth-order valence-corrected chi connectivity index (χ4v) is 4.08. The Bertz CT molecular complexity index is 1350. The molecule has 0 bridgehead atoms. The average molecular weight is 540 g/mol. The third-order valence-corrected chi connectivity index (χ3v) is 6.25. The van der Waals surface area contributed by atoms with Crippen LogP contribution in [-0.2, 0) is 16.2 Å². The van der Waals surface area contributed by atoms with Gasteiger partial charge in [-0.2, -0.15) is 0 Å². The summed E-state index contributed by atoms with van der Waals surface area (Å²) in [4.78, 5) is 39.1. The normalized spacial score (nSPS) is 15.0. The molecule has 34 heavy (non-hydrogen) atoms. The number of para-hydroxylation sites is 1. The first-order chi connectivity index (χ1) is 16.2. The van der Waals surface area contributed by atoms with Gasteiger partial charge in [0.05, 0.1) is 10.7 Å². The third-order valence-electron chi connectivity index (χ3n) is 5.43. The van der Waals surface area contributed by atoms with Gasteiger partial charge in [-0.3, -0.25) is 14.9 Å². The van der Waals surface area contributed by atoms with Gasteiger partial charge in [0, 0.05) is 10.0 Å². The predicted molar refractivity (Wildman–Crippen MR) is 135 cm³/mol. The van der Waals surface area contributed by atoms with E-state index in [0.717, 1.165) is 20.5 Å². The van der Waals surface area contributed by atoms with Crippen molar-refractivity contribution >= 4 is 57.1 Å². The summed E-state index contributed by atoms with van der Waals surface area (Å²) in [6, 6.07) is 16.9. The minimum atomic E-state index is -0.860. The lowest BCUT2D eigenvalue weighted by molar-refractivity contribution is -0.122.